The van der Waals surface area contributed by atoms with Gasteiger partial charge < -0.3 is 4.42 Å². The molecule has 0 spiro atoms. The highest BCUT2D eigenvalue weighted by atomic mass is 16.3. The van der Waals surface area contributed by atoms with E-state index in [1.807, 2.05) is 31.2 Å². The molecule has 0 saturated carbocycles. The van der Waals surface area contributed by atoms with Gasteiger partial charge in [0.2, 0.25) is 0 Å². The lowest BCUT2D eigenvalue weighted by Gasteiger charge is -1.90. The molecule has 0 saturated heterocycles. The van der Waals surface area contributed by atoms with Crippen LogP contribution in [0.25, 0.3) is 11.0 Å². The van der Waals surface area contributed by atoms with E-state index < -0.39 is 0 Å². The van der Waals surface area contributed by atoms with E-state index in [-0.39, 0.29) is 7.43 Å². The van der Waals surface area contributed by atoms with Gasteiger partial charge in [-0.2, -0.15) is 0 Å². The smallest absolute Gasteiger partial charge is 0.136 e. The van der Waals surface area contributed by atoms with Crippen LogP contribution in [-0.2, 0) is 0 Å². The molecular weight excluding hydrogens is 136 g/mol. The van der Waals surface area contributed by atoms with Crippen molar-refractivity contribution in [2.24, 2.45) is 0 Å². The number of fused-ring (bicyclic) bond motifs is 1. The molecule has 2 rings (SSSR count). The molecule has 11 heavy (non-hydrogen) atoms. The molecule has 0 atom stereocenters. The summed E-state index contributed by atoms with van der Waals surface area (Å²) in [4.78, 5) is 0. The summed E-state index contributed by atoms with van der Waals surface area (Å²) in [5.41, 5.74) is 2.20. The second kappa shape index (κ2) is 2.79. The highest BCUT2D eigenvalue weighted by Crippen LogP contribution is 2.18. The van der Waals surface area contributed by atoms with Gasteiger partial charge in [0.25, 0.3) is 0 Å². The van der Waals surface area contributed by atoms with Crippen molar-refractivity contribution in [2.45, 2.75) is 14.4 Å². The predicted octanol–water partition coefficient (Wildman–Crippen LogP) is 3.38. The summed E-state index contributed by atoms with van der Waals surface area (Å²) in [6.45, 7) is 2.05. The van der Waals surface area contributed by atoms with Crippen LogP contribution in [0.1, 0.15) is 13.0 Å². The molecule has 0 N–H and O–H groups in total. The van der Waals surface area contributed by atoms with Gasteiger partial charge in [0.15, 0.2) is 0 Å². The Morgan fingerprint density at radius 3 is 2.73 bits per heavy atom. The molecule has 0 radical (unpaired) electrons. The van der Waals surface area contributed by atoms with Gasteiger partial charge in [-0.05, 0) is 18.6 Å². The van der Waals surface area contributed by atoms with Crippen LogP contribution in [0.2, 0.25) is 0 Å². The first-order chi connectivity index (χ1) is 4.88. The number of furan rings is 1. The summed E-state index contributed by atoms with van der Waals surface area (Å²) in [6.07, 6.45) is 1.72. The summed E-state index contributed by atoms with van der Waals surface area (Å²) < 4.78 is 5.25. The van der Waals surface area contributed by atoms with E-state index in [0.717, 1.165) is 5.58 Å². The molecule has 1 aromatic heterocycles. The normalized spacial score (nSPS) is 9.55. The zero-order valence-corrected chi connectivity index (χ0v) is 5.79. The summed E-state index contributed by atoms with van der Waals surface area (Å²) in [5.74, 6) is 0. The number of rotatable bonds is 0. The zero-order chi connectivity index (χ0) is 6.97. The van der Waals surface area contributed by atoms with E-state index in [9.17, 15) is 0 Å². The van der Waals surface area contributed by atoms with Crippen molar-refractivity contribution in [1.82, 2.24) is 0 Å². The second-order valence-corrected chi connectivity index (χ2v) is 2.41. The topological polar surface area (TPSA) is 13.1 Å². The first-order valence-corrected chi connectivity index (χ1v) is 3.31. The fourth-order valence-electron chi connectivity index (χ4n) is 1.14. The third kappa shape index (κ3) is 1.14. The molecule has 0 aliphatic heterocycles. The minimum atomic E-state index is 0. The SMILES string of the molecule is C.Cc1cccc2ccoc12. The maximum Gasteiger partial charge on any atom is 0.136 e. The molecule has 0 aliphatic rings. The van der Waals surface area contributed by atoms with Gasteiger partial charge in [0, 0.05) is 5.39 Å². The Morgan fingerprint density at radius 1 is 1.18 bits per heavy atom. The van der Waals surface area contributed by atoms with Crippen LogP contribution in [0.4, 0.5) is 0 Å². The fraction of sp³-hybridized carbons (Fsp3) is 0.200. The molecule has 1 nitrogen and oxygen atoms in total. The third-order valence-corrected chi connectivity index (χ3v) is 1.68. The van der Waals surface area contributed by atoms with Crippen LogP contribution in [0.15, 0.2) is 34.9 Å². The van der Waals surface area contributed by atoms with Crippen molar-refractivity contribution < 1.29 is 4.42 Å². The van der Waals surface area contributed by atoms with Crippen LogP contribution in [-0.4, -0.2) is 0 Å². The maximum atomic E-state index is 5.25. The highest BCUT2D eigenvalue weighted by molar-refractivity contribution is 5.79. The summed E-state index contributed by atoms with van der Waals surface area (Å²) in [7, 11) is 0. The van der Waals surface area contributed by atoms with Gasteiger partial charge in [0.1, 0.15) is 5.58 Å². The Kier molecular flexibility index (Phi) is 1.99. The number of benzene rings is 1. The average molecular weight is 148 g/mol. The number of para-hydroxylation sites is 1. The summed E-state index contributed by atoms with van der Waals surface area (Å²) in [5, 5.41) is 1.18. The monoisotopic (exact) mass is 148 g/mol. The largest absolute Gasteiger partial charge is 0.464 e. The Balaban J connectivity index is 0.000000605. The molecule has 58 valence electrons. The van der Waals surface area contributed by atoms with Crippen LogP contribution in [0, 0.1) is 6.92 Å². The third-order valence-electron chi connectivity index (χ3n) is 1.68. The minimum absolute atomic E-state index is 0. The van der Waals surface area contributed by atoms with Crippen LogP contribution >= 0.6 is 0 Å². The van der Waals surface area contributed by atoms with Gasteiger partial charge in [-0.15, -0.1) is 0 Å². The van der Waals surface area contributed by atoms with E-state index in [4.69, 9.17) is 4.42 Å². The first kappa shape index (κ1) is 7.86. The Hall–Kier alpha value is -1.24. The van der Waals surface area contributed by atoms with E-state index in [2.05, 4.69) is 0 Å². The zero-order valence-electron chi connectivity index (χ0n) is 5.79. The minimum Gasteiger partial charge on any atom is -0.464 e. The Morgan fingerprint density at radius 2 is 2.00 bits per heavy atom. The molecule has 0 amide bonds. The second-order valence-electron chi connectivity index (χ2n) is 2.41. The average Bonchev–Trinajstić information content (AvgIpc) is 2.36. The lowest BCUT2D eigenvalue weighted by atomic mass is 10.2. The van der Waals surface area contributed by atoms with Crippen molar-refractivity contribution in [3.8, 4) is 0 Å². The van der Waals surface area contributed by atoms with E-state index >= 15 is 0 Å². The lowest BCUT2D eigenvalue weighted by molar-refractivity contribution is 0.613. The standard InChI is InChI=1S/C9H8O.CH4/c1-7-3-2-4-8-5-6-10-9(7)8;/h2-6H,1H3;1H4. The summed E-state index contributed by atoms with van der Waals surface area (Å²) >= 11 is 0. The highest BCUT2D eigenvalue weighted by Gasteiger charge is 1.96. The number of hydrogen-bond donors (Lipinski definition) is 0. The van der Waals surface area contributed by atoms with Gasteiger partial charge in [-0.1, -0.05) is 25.6 Å². The first-order valence-electron chi connectivity index (χ1n) is 3.31. The molecule has 1 heterocycles. The van der Waals surface area contributed by atoms with Gasteiger partial charge in [-0.3, -0.25) is 0 Å². The quantitative estimate of drug-likeness (QED) is 0.558. The van der Waals surface area contributed by atoms with Crippen molar-refractivity contribution >= 4 is 11.0 Å². The number of aryl methyl sites for hydroxylation is 1. The van der Waals surface area contributed by atoms with Crippen LogP contribution in [0.3, 0.4) is 0 Å². The fourth-order valence-corrected chi connectivity index (χ4v) is 1.14. The molecule has 0 unspecified atom stereocenters. The van der Waals surface area contributed by atoms with Crippen molar-refractivity contribution in [2.75, 3.05) is 0 Å². The molecule has 0 bridgehead atoms. The van der Waals surface area contributed by atoms with E-state index in [1.165, 1.54) is 10.9 Å². The predicted molar refractivity (Wildman–Crippen MR) is 47.7 cm³/mol. The van der Waals surface area contributed by atoms with Gasteiger partial charge in [-0.25, -0.2) is 0 Å². The van der Waals surface area contributed by atoms with Crippen molar-refractivity contribution in [1.29, 1.82) is 0 Å². The Labute approximate surface area is 66.6 Å². The molecule has 1 aromatic carbocycles. The number of hydrogen-bond acceptors (Lipinski definition) is 1. The van der Waals surface area contributed by atoms with Gasteiger partial charge in [0.05, 0.1) is 6.26 Å². The molecule has 2 aromatic rings. The molecule has 0 aliphatic carbocycles. The maximum absolute atomic E-state index is 5.25. The van der Waals surface area contributed by atoms with Gasteiger partial charge >= 0.3 is 0 Å². The molecular formula is C10H12O. The summed E-state index contributed by atoms with van der Waals surface area (Å²) in [6, 6.07) is 8.10. The lowest BCUT2D eigenvalue weighted by Crippen LogP contribution is -1.69. The van der Waals surface area contributed by atoms with E-state index in [0.29, 0.717) is 0 Å². The van der Waals surface area contributed by atoms with Crippen molar-refractivity contribution in [3.63, 3.8) is 0 Å². The van der Waals surface area contributed by atoms with Crippen LogP contribution in [0.5, 0.6) is 0 Å². The van der Waals surface area contributed by atoms with Crippen molar-refractivity contribution in [3.05, 3.63) is 36.1 Å². The van der Waals surface area contributed by atoms with E-state index in [1.54, 1.807) is 6.26 Å². The molecule has 0 fully saturated rings. The Bertz CT molecular complexity index is 346. The van der Waals surface area contributed by atoms with Crippen LogP contribution < -0.4 is 0 Å². The molecule has 1 heteroatoms.